The van der Waals surface area contributed by atoms with Gasteiger partial charge in [0.05, 0.1) is 19.0 Å². The molecule has 2 aromatic carbocycles. The van der Waals surface area contributed by atoms with E-state index in [1.807, 2.05) is 25.1 Å². The molecule has 0 spiro atoms. The highest BCUT2D eigenvalue weighted by Gasteiger charge is 2.26. The smallest absolute Gasteiger partial charge is 0.251 e. The number of aromatic nitrogens is 3. The Kier molecular flexibility index (Phi) is 6.78. The van der Waals surface area contributed by atoms with Crippen LogP contribution in [0.3, 0.4) is 0 Å². The maximum atomic E-state index is 14.8. The molecule has 1 aliphatic rings. The summed E-state index contributed by atoms with van der Waals surface area (Å²) < 4.78 is 35.6. The number of carbonyl (C=O) groups is 1. The minimum Gasteiger partial charge on any atom is -0.494 e. The number of nitrogens with one attached hydrogen (secondary N) is 2. The number of fused-ring (bicyclic) bond motifs is 1. The van der Waals surface area contributed by atoms with Crippen molar-refractivity contribution in [2.45, 2.75) is 45.6 Å². The van der Waals surface area contributed by atoms with Crippen LogP contribution in [0.1, 0.15) is 49.0 Å². The van der Waals surface area contributed by atoms with E-state index in [1.165, 1.54) is 25.4 Å². The fourth-order valence-electron chi connectivity index (χ4n) is 5.02. The summed E-state index contributed by atoms with van der Waals surface area (Å²) in [5.41, 5.74) is 3.21. The van der Waals surface area contributed by atoms with Gasteiger partial charge in [0, 0.05) is 35.2 Å². The maximum absolute atomic E-state index is 14.8. The van der Waals surface area contributed by atoms with Crippen molar-refractivity contribution in [1.29, 1.82) is 0 Å². The molecule has 1 fully saturated rings. The molecule has 1 aliphatic carbocycles. The molecule has 2 aromatic heterocycles. The standard InChI is InChI=1S/C28H29F2N5O2/c1-4-17-14-18(8-9-19(17)28(36)34-21-7-5-6-16(21)2)33-26-27-32-15-22(35(27)13-12-31-26)20-10-11-23(37-3)25(30)24(20)29/h8-16,21H,4-7H2,1-3H3,(H,31,33)(H,34,36)/t16-,21+/m1/s1. The lowest BCUT2D eigenvalue weighted by molar-refractivity contribution is 0.0928. The van der Waals surface area contributed by atoms with Crippen molar-refractivity contribution < 1.29 is 18.3 Å². The molecule has 0 aliphatic heterocycles. The summed E-state index contributed by atoms with van der Waals surface area (Å²) in [7, 11) is 1.29. The van der Waals surface area contributed by atoms with Gasteiger partial charge in [-0.2, -0.15) is 4.39 Å². The van der Waals surface area contributed by atoms with Crippen LogP contribution in [0.25, 0.3) is 16.9 Å². The Hall–Kier alpha value is -4.01. The number of benzene rings is 2. The van der Waals surface area contributed by atoms with E-state index in [4.69, 9.17) is 4.74 Å². The lowest BCUT2D eigenvalue weighted by atomic mass is 10.0. The maximum Gasteiger partial charge on any atom is 0.251 e. The van der Waals surface area contributed by atoms with Gasteiger partial charge in [0.2, 0.25) is 5.82 Å². The Bertz CT molecular complexity index is 1470. The molecular formula is C28H29F2N5O2. The minimum absolute atomic E-state index is 0.0472. The molecule has 0 saturated heterocycles. The Morgan fingerprint density at radius 3 is 2.73 bits per heavy atom. The molecule has 4 aromatic rings. The lowest BCUT2D eigenvalue weighted by Gasteiger charge is -2.19. The predicted octanol–water partition coefficient (Wildman–Crippen LogP) is 5.91. The van der Waals surface area contributed by atoms with Crippen LogP contribution in [-0.2, 0) is 6.42 Å². The summed E-state index contributed by atoms with van der Waals surface area (Å²) in [5.74, 6) is -1.34. The number of halogens is 2. The van der Waals surface area contributed by atoms with E-state index < -0.39 is 11.6 Å². The van der Waals surface area contributed by atoms with Gasteiger partial charge in [-0.1, -0.05) is 20.3 Å². The highest BCUT2D eigenvalue weighted by atomic mass is 19.2. The first-order valence-electron chi connectivity index (χ1n) is 12.5. The third-order valence-corrected chi connectivity index (χ3v) is 7.14. The molecule has 2 heterocycles. The third kappa shape index (κ3) is 4.61. The molecule has 0 bridgehead atoms. The van der Waals surface area contributed by atoms with E-state index in [2.05, 4.69) is 27.5 Å². The highest BCUT2D eigenvalue weighted by molar-refractivity contribution is 5.96. The summed E-state index contributed by atoms with van der Waals surface area (Å²) >= 11 is 0. The van der Waals surface area contributed by atoms with Gasteiger partial charge in [-0.05, 0) is 61.1 Å². The fourth-order valence-corrected chi connectivity index (χ4v) is 5.02. The van der Waals surface area contributed by atoms with E-state index in [1.54, 1.807) is 16.8 Å². The van der Waals surface area contributed by atoms with E-state index in [0.717, 1.165) is 30.5 Å². The first-order chi connectivity index (χ1) is 17.9. The van der Waals surface area contributed by atoms with Crippen molar-refractivity contribution >= 4 is 23.1 Å². The first-order valence-corrected chi connectivity index (χ1v) is 12.5. The van der Waals surface area contributed by atoms with Crippen LogP contribution in [0, 0.1) is 17.6 Å². The number of hydrogen-bond donors (Lipinski definition) is 2. The molecule has 37 heavy (non-hydrogen) atoms. The zero-order chi connectivity index (χ0) is 26.1. The van der Waals surface area contributed by atoms with Crippen molar-refractivity contribution in [3.63, 3.8) is 0 Å². The van der Waals surface area contributed by atoms with Crippen LogP contribution in [0.4, 0.5) is 20.3 Å². The summed E-state index contributed by atoms with van der Waals surface area (Å²) in [5, 5.41) is 6.46. The van der Waals surface area contributed by atoms with Gasteiger partial charge >= 0.3 is 0 Å². The second-order valence-corrected chi connectivity index (χ2v) is 9.39. The minimum atomic E-state index is -1.05. The monoisotopic (exact) mass is 505 g/mol. The average molecular weight is 506 g/mol. The van der Waals surface area contributed by atoms with Gasteiger partial charge in [0.25, 0.3) is 5.91 Å². The highest BCUT2D eigenvalue weighted by Crippen LogP contribution is 2.32. The molecule has 1 saturated carbocycles. The number of imidazole rings is 1. The van der Waals surface area contributed by atoms with Crippen molar-refractivity contribution in [3.05, 3.63) is 71.7 Å². The summed E-state index contributed by atoms with van der Waals surface area (Å²) in [6.45, 7) is 4.19. The largest absolute Gasteiger partial charge is 0.494 e. The van der Waals surface area contributed by atoms with Gasteiger partial charge in [-0.25, -0.2) is 14.4 Å². The Labute approximate surface area is 213 Å². The normalized spacial score (nSPS) is 17.2. The van der Waals surface area contributed by atoms with Crippen LogP contribution in [0.15, 0.2) is 48.9 Å². The number of carbonyl (C=O) groups excluding carboxylic acids is 1. The molecule has 7 nitrogen and oxygen atoms in total. The topological polar surface area (TPSA) is 80.6 Å². The van der Waals surface area contributed by atoms with Gasteiger partial charge in [0.1, 0.15) is 0 Å². The molecule has 1 amide bonds. The predicted molar refractivity (Wildman–Crippen MR) is 138 cm³/mol. The van der Waals surface area contributed by atoms with E-state index in [0.29, 0.717) is 35.1 Å². The Balaban J connectivity index is 1.43. The Morgan fingerprint density at radius 2 is 2.00 bits per heavy atom. The van der Waals surface area contributed by atoms with Crippen LogP contribution in [0.5, 0.6) is 5.75 Å². The number of hydrogen-bond acceptors (Lipinski definition) is 5. The van der Waals surface area contributed by atoms with Crippen molar-refractivity contribution in [3.8, 4) is 17.0 Å². The number of amides is 1. The average Bonchev–Trinajstić information content (AvgIpc) is 3.52. The van der Waals surface area contributed by atoms with Crippen molar-refractivity contribution in [1.82, 2.24) is 19.7 Å². The van der Waals surface area contributed by atoms with E-state index in [9.17, 15) is 13.6 Å². The SMILES string of the molecule is CCc1cc(Nc2nccn3c(-c4ccc(OC)c(F)c4F)cnc23)ccc1C(=O)N[C@H]1CCC[C@H]1C. The zero-order valence-corrected chi connectivity index (χ0v) is 21.0. The molecule has 0 radical (unpaired) electrons. The second-order valence-electron chi connectivity index (χ2n) is 9.39. The molecule has 2 N–H and O–H groups in total. The summed E-state index contributed by atoms with van der Waals surface area (Å²) in [6.07, 6.45) is 8.66. The van der Waals surface area contributed by atoms with Crippen LogP contribution in [0.2, 0.25) is 0 Å². The second kappa shape index (κ2) is 10.2. The zero-order valence-electron chi connectivity index (χ0n) is 21.0. The number of rotatable bonds is 7. The molecule has 5 rings (SSSR count). The van der Waals surface area contributed by atoms with Crippen LogP contribution >= 0.6 is 0 Å². The van der Waals surface area contributed by atoms with Crippen LogP contribution in [-0.4, -0.2) is 33.4 Å². The molecule has 0 unspecified atom stereocenters. The number of anilines is 2. The summed E-state index contributed by atoms with van der Waals surface area (Å²) in [6, 6.07) is 8.64. The number of nitrogens with zero attached hydrogens (tertiary/aromatic N) is 3. The van der Waals surface area contributed by atoms with Gasteiger partial charge < -0.3 is 15.4 Å². The molecule has 9 heteroatoms. The fraction of sp³-hybridized carbons (Fsp3) is 0.321. The van der Waals surface area contributed by atoms with E-state index >= 15 is 0 Å². The summed E-state index contributed by atoms with van der Waals surface area (Å²) in [4.78, 5) is 21.8. The van der Waals surface area contributed by atoms with Gasteiger partial charge in [-0.3, -0.25) is 9.20 Å². The first kappa shape index (κ1) is 24.7. The lowest BCUT2D eigenvalue weighted by Crippen LogP contribution is -2.36. The number of ether oxygens (including phenoxy) is 1. The molecular weight excluding hydrogens is 476 g/mol. The van der Waals surface area contributed by atoms with Crippen LogP contribution < -0.4 is 15.4 Å². The van der Waals surface area contributed by atoms with Gasteiger partial charge in [0.15, 0.2) is 23.0 Å². The third-order valence-electron chi connectivity index (χ3n) is 7.14. The van der Waals surface area contributed by atoms with Crippen molar-refractivity contribution in [2.75, 3.05) is 12.4 Å². The Morgan fingerprint density at radius 1 is 1.16 bits per heavy atom. The number of methoxy groups -OCH3 is 1. The van der Waals surface area contributed by atoms with E-state index in [-0.39, 0.29) is 23.3 Å². The number of aryl methyl sites for hydroxylation is 1. The molecule has 192 valence electrons. The molecule has 2 atom stereocenters. The van der Waals surface area contributed by atoms with Gasteiger partial charge in [-0.15, -0.1) is 0 Å². The quantitative estimate of drug-likeness (QED) is 0.327. The van der Waals surface area contributed by atoms with Crippen molar-refractivity contribution in [2.24, 2.45) is 5.92 Å².